The van der Waals surface area contributed by atoms with Crippen molar-refractivity contribution < 1.29 is 4.39 Å². The molecule has 2 N–H and O–H groups in total. The van der Waals surface area contributed by atoms with Crippen LogP contribution in [0.4, 0.5) is 4.39 Å². The highest BCUT2D eigenvalue weighted by Gasteiger charge is 2.70. The van der Waals surface area contributed by atoms with Crippen LogP contribution in [0.15, 0.2) is 0 Å². The van der Waals surface area contributed by atoms with Gasteiger partial charge in [-0.15, -0.1) is 12.4 Å². The number of halogens is 2. The van der Waals surface area contributed by atoms with E-state index in [1.54, 1.807) is 0 Å². The summed E-state index contributed by atoms with van der Waals surface area (Å²) in [6.45, 7) is 1.98. The van der Waals surface area contributed by atoms with Gasteiger partial charge in [0.2, 0.25) is 0 Å². The molecule has 2 bridgehead atoms. The van der Waals surface area contributed by atoms with Crippen molar-refractivity contribution in [2.75, 3.05) is 0 Å². The molecule has 0 aromatic carbocycles. The van der Waals surface area contributed by atoms with Gasteiger partial charge < -0.3 is 5.73 Å². The van der Waals surface area contributed by atoms with Crippen LogP contribution in [0.1, 0.15) is 26.2 Å². The van der Waals surface area contributed by atoms with Crippen molar-refractivity contribution in [3.05, 3.63) is 0 Å². The third kappa shape index (κ3) is 0.721. The predicted octanol–water partition coefficient (Wildman–Crippen LogP) is 1.65. The quantitative estimate of drug-likeness (QED) is 0.628. The van der Waals surface area contributed by atoms with Crippen LogP contribution in [-0.4, -0.2) is 11.7 Å². The Morgan fingerprint density at radius 1 is 1.40 bits per heavy atom. The minimum Gasteiger partial charge on any atom is -0.327 e. The van der Waals surface area contributed by atoms with Crippen LogP contribution in [0.25, 0.3) is 0 Å². The van der Waals surface area contributed by atoms with E-state index in [0.717, 1.165) is 19.3 Å². The minimum absolute atomic E-state index is 0. The Morgan fingerprint density at radius 3 is 1.90 bits per heavy atom. The first-order valence-electron chi connectivity index (χ1n) is 3.51. The maximum atomic E-state index is 12.8. The highest BCUT2D eigenvalue weighted by atomic mass is 35.5. The number of hydrogen-bond donors (Lipinski definition) is 1. The molecule has 1 nitrogen and oxygen atoms in total. The number of alkyl halides is 1. The fourth-order valence-electron chi connectivity index (χ4n) is 2.22. The van der Waals surface area contributed by atoms with Crippen LogP contribution in [0, 0.1) is 5.41 Å². The van der Waals surface area contributed by atoms with Crippen molar-refractivity contribution in [3.63, 3.8) is 0 Å². The molecule has 0 aliphatic heterocycles. The fourth-order valence-corrected chi connectivity index (χ4v) is 2.22. The molecular weight excluding hydrogens is 153 g/mol. The zero-order valence-electron chi connectivity index (χ0n) is 6.06. The zero-order valence-corrected chi connectivity index (χ0v) is 6.88. The summed E-state index contributed by atoms with van der Waals surface area (Å²) in [7, 11) is 0. The molecule has 0 spiro atoms. The van der Waals surface area contributed by atoms with Crippen LogP contribution in [0.5, 0.6) is 0 Å². The Kier molecular flexibility index (Phi) is 1.54. The number of hydrogen-bond acceptors (Lipinski definition) is 1. The monoisotopic (exact) mass is 165 g/mol. The molecule has 1 atom stereocenters. The summed E-state index contributed by atoms with van der Waals surface area (Å²) >= 11 is 0. The molecule has 0 saturated heterocycles. The van der Waals surface area contributed by atoms with Crippen LogP contribution in [-0.2, 0) is 0 Å². The second-order valence-electron chi connectivity index (χ2n) is 3.83. The molecular formula is C7H13ClFN. The normalized spacial score (nSPS) is 51.9. The average molecular weight is 166 g/mol. The molecule has 1 unspecified atom stereocenters. The predicted molar refractivity (Wildman–Crippen MR) is 41.0 cm³/mol. The van der Waals surface area contributed by atoms with Crippen molar-refractivity contribution in [1.29, 1.82) is 0 Å². The van der Waals surface area contributed by atoms with Gasteiger partial charge in [0, 0.05) is 6.04 Å². The van der Waals surface area contributed by atoms with Crippen molar-refractivity contribution in [2.24, 2.45) is 11.1 Å². The average Bonchev–Trinajstić information content (AvgIpc) is 1.54. The molecule has 3 aliphatic rings. The molecule has 60 valence electrons. The Balaban J connectivity index is 0.000000500. The van der Waals surface area contributed by atoms with Crippen LogP contribution in [0.3, 0.4) is 0 Å². The van der Waals surface area contributed by atoms with Gasteiger partial charge in [-0.25, -0.2) is 4.39 Å². The van der Waals surface area contributed by atoms with E-state index in [1.165, 1.54) is 0 Å². The van der Waals surface area contributed by atoms with E-state index in [4.69, 9.17) is 5.73 Å². The first-order chi connectivity index (χ1) is 4.06. The van der Waals surface area contributed by atoms with Gasteiger partial charge in [0.05, 0.1) is 0 Å². The summed E-state index contributed by atoms with van der Waals surface area (Å²) in [5.41, 5.74) is 5.12. The summed E-state index contributed by atoms with van der Waals surface area (Å²) in [5.74, 6) is 0. The number of rotatable bonds is 1. The lowest BCUT2D eigenvalue weighted by molar-refractivity contribution is -0.221. The maximum Gasteiger partial charge on any atom is 0.112 e. The molecule has 0 heterocycles. The second-order valence-corrected chi connectivity index (χ2v) is 3.83. The van der Waals surface area contributed by atoms with Gasteiger partial charge in [0.15, 0.2) is 0 Å². The van der Waals surface area contributed by atoms with Gasteiger partial charge in [0.25, 0.3) is 0 Å². The van der Waals surface area contributed by atoms with Gasteiger partial charge in [-0.1, -0.05) is 0 Å². The lowest BCUT2D eigenvalue weighted by Gasteiger charge is -2.67. The van der Waals surface area contributed by atoms with E-state index in [0.29, 0.717) is 0 Å². The minimum atomic E-state index is -0.770. The summed E-state index contributed by atoms with van der Waals surface area (Å²) < 4.78 is 12.8. The topological polar surface area (TPSA) is 26.0 Å². The highest BCUT2D eigenvalue weighted by Crippen LogP contribution is 2.70. The maximum absolute atomic E-state index is 12.8. The summed E-state index contributed by atoms with van der Waals surface area (Å²) in [5, 5.41) is 0. The smallest absolute Gasteiger partial charge is 0.112 e. The van der Waals surface area contributed by atoms with E-state index >= 15 is 0 Å². The van der Waals surface area contributed by atoms with E-state index in [2.05, 4.69) is 0 Å². The molecule has 0 aromatic heterocycles. The van der Waals surface area contributed by atoms with Gasteiger partial charge in [-0.3, -0.25) is 0 Å². The first kappa shape index (κ1) is 8.28. The molecule has 3 heteroatoms. The Hall–Kier alpha value is 0.180. The summed E-state index contributed by atoms with van der Waals surface area (Å²) in [6, 6.07) is 0.204. The molecule has 0 aromatic rings. The fraction of sp³-hybridized carbons (Fsp3) is 1.00. The first-order valence-corrected chi connectivity index (χ1v) is 3.51. The van der Waals surface area contributed by atoms with E-state index < -0.39 is 5.67 Å². The molecule has 3 aliphatic carbocycles. The van der Waals surface area contributed by atoms with Gasteiger partial charge >= 0.3 is 0 Å². The van der Waals surface area contributed by atoms with Gasteiger partial charge in [-0.05, 0) is 31.6 Å². The van der Waals surface area contributed by atoms with E-state index in [1.807, 2.05) is 6.92 Å². The molecule has 10 heavy (non-hydrogen) atoms. The third-order valence-corrected chi connectivity index (χ3v) is 2.97. The molecule has 3 fully saturated rings. The largest absolute Gasteiger partial charge is 0.327 e. The van der Waals surface area contributed by atoms with E-state index in [9.17, 15) is 4.39 Å². The standard InChI is InChI=1S/C7H12FN.ClH/c1-5(9)6-2-7(8,3-6)4-6;/h5H,2-4,9H2,1H3;1H. The van der Waals surface area contributed by atoms with Crippen LogP contribution < -0.4 is 5.73 Å². The van der Waals surface area contributed by atoms with Crippen molar-refractivity contribution in [3.8, 4) is 0 Å². The second kappa shape index (κ2) is 1.86. The summed E-state index contributed by atoms with van der Waals surface area (Å²) in [4.78, 5) is 0. The third-order valence-electron chi connectivity index (χ3n) is 2.97. The molecule has 3 saturated carbocycles. The molecule has 0 radical (unpaired) electrons. The SMILES string of the molecule is CC(N)C12CC(F)(C1)C2.Cl. The van der Waals surface area contributed by atoms with Crippen LogP contribution in [0.2, 0.25) is 0 Å². The van der Waals surface area contributed by atoms with Crippen molar-refractivity contribution >= 4 is 12.4 Å². The van der Waals surface area contributed by atoms with Crippen molar-refractivity contribution in [1.82, 2.24) is 0 Å². The Morgan fingerprint density at radius 2 is 1.80 bits per heavy atom. The van der Waals surface area contributed by atoms with Crippen molar-refractivity contribution in [2.45, 2.75) is 37.9 Å². The highest BCUT2D eigenvalue weighted by molar-refractivity contribution is 5.85. The van der Waals surface area contributed by atoms with Gasteiger partial charge in [0.1, 0.15) is 5.67 Å². The summed E-state index contributed by atoms with van der Waals surface area (Å²) in [6.07, 6.45) is 2.20. The lowest BCUT2D eigenvalue weighted by Crippen LogP contribution is -2.70. The van der Waals surface area contributed by atoms with Crippen LogP contribution >= 0.6 is 12.4 Å². The number of nitrogens with two attached hydrogens (primary N) is 1. The Labute approximate surface area is 66.6 Å². The Bertz CT molecular complexity index is 138. The van der Waals surface area contributed by atoms with Gasteiger partial charge in [-0.2, -0.15) is 0 Å². The zero-order chi connectivity index (χ0) is 6.70. The molecule has 3 rings (SSSR count). The molecule has 0 amide bonds. The lowest BCUT2D eigenvalue weighted by atomic mass is 9.40. The van der Waals surface area contributed by atoms with E-state index in [-0.39, 0.29) is 23.9 Å².